The molecule has 1 unspecified atom stereocenters. The second kappa shape index (κ2) is 8.17. The molecule has 0 N–H and O–H groups in total. The van der Waals surface area contributed by atoms with Gasteiger partial charge < -0.3 is 4.67 Å². The molecule has 0 bridgehead atoms. The van der Waals surface area contributed by atoms with Gasteiger partial charge in [-0.1, -0.05) is 32.1 Å². The molecule has 0 aliphatic carbocycles. The fourth-order valence-electron chi connectivity index (χ4n) is 1.72. The van der Waals surface area contributed by atoms with Crippen molar-refractivity contribution in [1.82, 2.24) is 9.57 Å². The summed E-state index contributed by atoms with van der Waals surface area (Å²) in [7, 11) is 2.46. The minimum atomic E-state index is 0.147. The van der Waals surface area contributed by atoms with Crippen LogP contribution >= 0.6 is 9.39 Å². The Morgan fingerprint density at radius 3 is 2.94 bits per heavy atom. The Kier molecular flexibility index (Phi) is 6.84. The molecule has 4 nitrogen and oxygen atoms in total. The van der Waals surface area contributed by atoms with Crippen LogP contribution < -0.4 is 0 Å². The van der Waals surface area contributed by atoms with Crippen LogP contribution in [0.5, 0.6) is 0 Å². The van der Waals surface area contributed by atoms with Crippen molar-refractivity contribution in [1.29, 1.82) is 0 Å². The van der Waals surface area contributed by atoms with E-state index in [0.29, 0.717) is 6.54 Å². The highest BCUT2D eigenvalue weighted by atomic mass is 31.0. The summed E-state index contributed by atoms with van der Waals surface area (Å²) < 4.78 is 1.69. The van der Waals surface area contributed by atoms with E-state index in [1.165, 1.54) is 0 Å². The highest BCUT2D eigenvalue weighted by Gasteiger charge is 2.21. The van der Waals surface area contributed by atoms with E-state index in [1.54, 1.807) is 17.0 Å². The van der Waals surface area contributed by atoms with Crippen molar-refractivity contribution in [2.75, 3.05) is 26.2 Å². The minimum Gasteiger partial charge on any atom is -0.325 e. The van der Waals surface area contributed by atoms with Crippen molar-refractivity contribution in [3.63, 3.8) is 0 Å². The Labute approximate surface area is 112 Å². The maximum absolute atomic E-state index is 11.6. The quantitative estimate of drug-likeness (QED) is 0.544. The van der Waals surface area contributed by atoms with Gasteiger partial charge in [0.25, 0.3) is 0 Å². The molecule has 1 rings (SSSR count). The Morgan fingerprint density at radius 1 is 1.56 bits per heavy atom. The molecule has 0 aromatic carbocycles. The van der Waals surface area contributed by atoms with E-state index in [0.717, 1.165) is 38.2 Å². The molecule has 1 atom stereocenters. The molecular formula is C13H22N3OP. The van der Waals surface area contributed by atoms with Gasteiger partial charge in [0.2, 0.25) is 5.91 Å². The fourth-order valence-corrected chi connectivity index (χ4v) is 1.91. The van der Waals surface area contributed by atoms with Crippen molar-refractivity contribution in [2.45, 2.75) is 19.8 Å². The second-order valence-corrected chi connectivity index (χ2v) is 4.92. The number of carbonyl (C=O) groups excluding carboxylic acids is 1. The monoisotopic (exact) mass is 267 g/mol. The van der Waals surface area contributed by atoms with Crippen LogP contribution in [0.2, 0.25) is 0 Å². The van der Waals surface area contributed by atoms with Gasteiger partial charge in [-0.2, -0.15) is 0 Å². The van der Waals surface area contributed by atoms with Crippen LogP contribution in [0.15, 0.2) is 29.4 Å². The highest BCUT2D eigenvalue weighted by molar-refractivity contribution is 7.14. The van der Waals surface area contributed by atoms with Crippen LogP contribution in [0.1, 0.15) is 19.8 Å². The van der Waals surface area contributed by atoms with Gasteiger partial charge in [0.1, 0.15) is 0 Å². The lowest BCUT2D eigenvalue weighted by Crippen LogP contribution is -2.46. The Hall–Kier alpha value is -0.990. The lowest BCUT2D eigenvalue weighted by molar-refractivity contribution is -0.129. The summed E-state index contributed by atoms with van der Waals surface area (Å²) >= 11 is 0. The van der Waals surface area contributed by atoms with Crippen LogP contribution in [0, 0.1) is 0 Å². The second-order valence-electron chi connectivity index (χ2n) is 4.30. The van der Waals surface area contributed by atoms with Gasteiger partial charge in [-0.15, -0.1) is 0 Å². The molecule has 1 aliphatic rings. The summed E-state index contributed by atoms with van der Waals surface area (Å²) in [6.07, 6.45) is 7.63. The largest absolute Gasteiger partial charge is 0.325 e. The predicted molar refractivity (Wildman–Crippen MR) is 79.5 cm³/mol. The fraction of sp³-hybridized carbons (Fsp3) is 0.538. The smallest absolute Gasteiger partial charge is 0.239 e. The summed E-state index contributed by atoms with van der Waals surface area (Å²) in [5.41, 5.74) is 1.02. The average molecular weight is 267 g/mol. The summed E-state index contributed by atoms with van der Waals surface area (Å²) in [6.45, 7) is 8.62. The first-order valence-corrected chi connectivity index (χ1v) is 6.80. The molecule has 100 valence electrons. The van der Waals surface area contributed by atoms with E-state index in [2.05, 4.69) is 38.9 Å². The molecule has 18 heavy (non-hydrogen) atoms. The Bertz CT molecular complexity index is 352. The number of unbranched alkanes of at least 4 members (excludes halogenated alkanes) is 1. The summed E-state index contributed by atoms with van der Waals surface area (Å²) in [5.74, 6) is 0.147. The summed E-state index contributed by atoms with van der Waals surface area (Å²) in [6, 6.07) is 0. The zero-order valence-corrected chi connectivity index (χ0v) is 12.2. The molecule has 0 aromatic rings. The SMILES string of the molecule is C=CC=N/C(=C\CCC)CN1CCN(P)C(=O)C1. The number of amides is 1. The maximum Gasteiger partial charge on any atom is 0.239 e. The Balaban J connectivity index is 2.57. The number of piperazine rings is 1. The first-order chi connectivity index (χ1) is 8.67. The topological polar surface area (TPSA) is 35.9 Å². The molecule has 0 aromatic heterocycles. The van der Waals surface area contributed by atoms with Gasteiger partial charge in [0.05, 0.1) is 12.2 Å². The molecule has 1 saturated heterocycles. The lowest BCUT2D eigenvalue weighted by Gasteiger charge is -2.31. The standard InChI is InChI=1S/C13H22N3OP/c1-3-5-6-12(14-7-4-2)10-15-8-9-16(18)13(17)11-15/h4,6-7H,2-3,5,8-11,18H2,1H3/b12-6-,14-7?. The Morgan fingerprint density at radius 2 is 2.33 bits per heavy atom. The number of aliphatic imine (C=N–C) groups is 1. The van der Waals surface area contributed by atoms with E-state index in [4.69, 9.17) is 0 Å². The van der Waals surface area contributed by atoms with Crippen molar-refractivity contribution in [3.8, 4) is 0 Å². The molecule has 1 fully saturated rings. The normalized spacial score (nSPS) is 18.7. The number of hydrogen-bond donors (Lipinski definition) is 0. The van der Waals surface area contributed by atoms with Crippen molar-refractivity contribution < 1.29 is 4.79 Å². The van der Waals surface area contributed by atoms with E-state index in [-0.39, 0.29) is 5.91 Å². The third kappa shape index (κ3) is 5.11. The van der Waals surface area contributed by atoms with Crippen LogP contribution in [0.25, 0.3) is 0 Å². The number of allylic oxidation sites excluding steroid dienone is 2. The van der Waals surface area contributed by atoms with Gasteiger partial charge in [-0.05, 0) is 15.8 Å². The first kappa shape index (κ1) is 15.1. The zero-order valence-electron chi connectivity index (χ0n) is 11.0. The van der Waals surface area contributed by atoms with Crippen LogP contribution in [-0.2, 0) is 4.79 Å². The average Bonchev–Trinajstić information content (AvgIpc) is 2.37. The van der Waals surface area contributed by atoms with E-state index in [1.807, 2.05) is 0 Å². The number of rotatable bonds is 6. The third-order valence-electron chi connectivity index (χ3n) is 2.74. The molecule has 0 radical (unpaired) electrons. The van der Waals surface area contributed by atoms with Crippen molar-refractivity contribution in [3.05, 3.63) is 24.4 Å². The molecule has 0 saturated carbocycles. The van der Waals surface area contributed by atoms with Crippen molar-refractivity contribution in [2.24, 2.45) is 4.99 Å². The number of carbonyl (C=O) groups is 1. The van der Waals surface area contributed by atoms with Gasteiger partial charge in [0, 0.05) is 25.8 Å². The zero-order chi connectivity index (χ0) is 13.4. The van der Waals surface area contributed by atoms with E-state index < -0.39 is 0 Å². The number of hydrogen-bond acceptors (Lipinski definition) is 3. The van der Waals surface area contributed by atoms with Crippen LogP contribution in [-0.4, -0.2) is 47.9 Å². The third-order valence-corrected chi connectivity index (χ3v) is 3.28. The highest BCUT2D eigenvalue weighted by Crippen LogP contribution is 2.11. The molecule has 5 heteroatoms. The molecular weight excluding hydrogens is 245 g/mol. The molecule has 0 spiro atoms. The van der Waals surface area contributed by atoms with E-state index in [9.17, 15) is 4.79 Å². The lowest BCUT2D eigenvalue weighted by atomic mass is 10.2. The molecule has 1 aliphatic heterocycles. The summed E-state index contributed by atoms with van der Waals surface area (Å²) in [5, 5.41) is 0. The molecule has 1 heterocycles. The molecule has 1 amide bonds. The van der Waals surface area contributed by atoms with Gasteiger partial charge in [-0.3, -0.25) is 14.7 Å². The maximum atomic E-state index is 11.6. The van der Waals surface area contributed by atoms with E-state index >= 15 is 0 Å². The first-order valence-electron chi connectivity index (χ1n) is 6.29. The summed E-state index contributed by atoms with van der Waals surface area (Å²) in [4.78, 5) is 18.1. The number of nitrogens with zero attached hydrogens (tertiary/aromatic N) is 3. The minimum absolute atomic E-state index is 0.147. The van der Waals surface area contributed by atoms with Crippen LogP contribution in [0.4, 0.5) is 0 Å². The van der Waals surface area contributed by atoms with Gasteiger partial charge in [0.15, 0.2) is 0 Å². The van der Waals surface area contributed by atoms with Gasteiger partial charge in [-0.25, -0.2) is 0 Å². The van der Waals surface area contributed by atoms with Crippen LogP contribution in [0.3, 0.4) is 0 Å². The van der Waals surface area contributed by atoms with Crippen molar-refractivity contribution >= 4 is 21.5 Å². The predicted octanol–water partition coefficient (Wildman–Crippen LogP) is 1.86. The van der Waals surface area contributed by atoms with Gasteiger partial charge >= 0.3 is 0 Å².